The van der Waals surface area contributed by atoms with Crippen LogP contribution < -0.4 is 11.3 Å². The van der Waals surface area contributed by atoms with Crippen molar-refractivity contribution in [1.82, 2.24) is 10.3 Å². The van der Waals surface area contributed by atoms with Crippen LogP contribution >= 0.6 is 0 Å². The highest BCUT2D eigenvalue weighted by molar-refractivity contribution is 5.74. The number of piperidine rings is 1. The molecule has 18 heavy (non-hydrogen) atoms. The Morgan fingerprint density at radius 3 is 2.83 bits per heavy atom. The first kappa shape index (κ1) is 13.8. The third-order valence-corrected chi connectivity index (χ3v) is 4.62. The smallest absolute Gasteiger partial charge is 0.233 e. The van der Waals surface area contributed by atoms with Crippen LogP contribution in [-0.2, 0) is 4.79 Å². The molecule has 2 aliphatic rings. The van der Waals surface area contributed by atoms with Gasteiger partial charge in [-0.3, -0.25) is 10.2 Å². The fourth-order valence-electron chi connectivity index (χ4n) is 3.68. The van der Waals surface area contributed by atoms with Crippen molar-refractivity contribution < 1.29 is 4.79 Å². The summed E-state index contributed by atoms with van der Waals surface area (Å²) in [6.07, 6.45) is 11.0. The van der Waals surface area contributed by atoms with Crippen molar-refractivity contribution in [1.29, 1.82) is 0 Å². The summed E-state index contributed by atoms with van der Waals surface area (Å²) in [6, 6.07) is 0.881. The fraction of sp³-hybridized carbons (Fsp3) is 0.929. The lowest BCUT2D eigenvalue weighted by atomic mass is 9.92. The Kier molecular flexibility index (Phi) is 5.45. The van der Waals surface area contributed by atoms with Gasteiger partial charge >= 0.3 is 0 Å². The Labute approximate surface area is 110 Å². The van der Waals surface area contributed by atoms with E-state index < -0.39 is 0 Å². The van der Waals surface area contributed by atoms with E-state index in [0.29, 0.717) is 6.42 Å². The summed E-state index contributed by atoms with van der Waals surface area (Å²) in [7, 11) is 0. The highest BCUT2D eigenvalue weighted by atomic mass is 16.2. The summed E-state index contributed by atoms with van der Waals surface area (Å²) in [5.41, 5.74) is 2.19. The Bertz CT molecular complexity index is 270. The van der Waals surface area contributed by atoms with Gasteiger partial charge in [0.1, 0.15) is 0 Å². The van der Waals surface area contributed by atoms with Crippen LogP contribution in [0.1, 0.15) is 57.8 Å². The first-order valence-electron chi connectivity index (χ1n) is 7.55. The maximum Gasteiger partial charge on any atom is 0.233 e. The van der Waals surface area contributed by atoms with E-state index in [1.165, 1.54) is 51.6 Å². The van der Waals surface area contributed by atoms with Crippen LogP contribution in [0.5, 0.6) is 0 Å². The van der Waals surface area contributed by atoms with Crippen molar-refractivity contribution in [2.24, 2.45) is 11.8 Å². The molecule has 1 aliphatic heterocycles. The molecule has 104 valence electrons. The number of fused-ring (bicyclic) bond motifs is 1. The molecule has 0 aromatic heterocycles. The zero-order chi connectivity index (χ0) is 12.8. The second-order valence-corrected chi connectivity index (χ2v) is 5.81. The van der Waals surface area contributed by atoms with Crippen molar-refractivity contribution in [2.45, 2.75) is 63.8 Å². The standard InChI is InChI=1S/C14H27N3O/c15-16-14(18)9-2-1-3-10-17-11-5-7-12-6-4-8-13(12)17/h12-13H,1-11,15H2,(H,16,18). The molecular formula is C14H27N3O. The van der Waals surface area contributed by atoms with E-state index in [-0.39, 0.29) is 5.91 Å². The molecule has 0 spiro atoms. The highest BCUT2D eigenvalue weighted by Crippen LogP contribution is 2.36. The Balaban J connectivity index is 1.59. The minimum Gasteiger partial charge on any atom is -0.300 e. The average molecular weight is 253 g/mol. The van der Waals surface area contributed by atoms with Crippen LogP contribution in [0.4, 0.5) is 0 Å². The molecule has 4 nitrogen and oxygen atoms in total. The van der Waals surface area contributed by atoms with Gasteiger partial charge in [0.25, 0.3) is 0 Å². The zero-order valence-electron chi connectivity index (χ0n) is 11.4. The van der Waals surface area contributed by atoms with Gasteiger partial charge in [-0.25, -0.2) is 5.84 Å². The molecule has 1 saturated carbocycles. The second kappa shape index (κ2) is 7.10. The van der Waals surface area contributed by atoms with Gasteiger partial charge < -0.3 is 4.90 Å². The van der Waals surface area contributed by atoms with Crippen LogP contribution in [0.15, 0.2) is 0 Å². The van der Waals surface area contributed by atoms with Crippen molar-refractivity contribution in [3.05, 3.63) is 0 Å². The number of amides is 1. The lowest BCUT2D eigenvalue weighted by Gasteiger charge is -2.37. The molecule has 0 bridgehead atoms. The number of carbonyl (C=O) groups excluding carboxylic acids is 1. The van der Waals surface area contributed by atoms with E-state index in [4.69, 9.17) is 5.84 Å². The SMILES string of the molecule is NNC(=O)CCCCCN1CCCC2CCCC21. The van der Waals surface area contributed by atoms with Crippen molar-refractivity contribution in [3.8, 4) is 0 Å². The number of hydrogen-bond donors (Lipinski definition) is 2. The number of nitrogens with one attached hydrogen (secondary N) is 1. The summed E-state index contributed by atoms with van der Waals surface area (Å²) in [5.74, 6) is 6.00. The molecular weight excluding hydrogens is 226 g/mol. The van der Waals surface area contributed by atoms with Gasteiger partial charge in [-0.05, 0) is 57.5 Å². The molecule has 0 aromatic rings. The first-order valence-corrected chi connectivity index (χ1v) is 7.55. The molecule has 2 fully saturated rings. The molecule has 1 aliphatic carbocycles. The van der Waals surface area contributed by atoms with Gasteiger partial charge in [0.05, 0.1) is 0 Å². The van der Waals surface area contributed by atoms with Gasteiger partial charge in [-0.2, -0.15) is 0 Å². The van der Waals surface area contributed by atoms with Gasteiger partial charge in [0.2, 0.25) is 5.91 Å². The fourth-order valence-corrected chi connectivity index (χ4v) is 3.68. The van der Waals surface area contributed by atoms with Crippen molar-refractivity contribution in [3.63, 3.8) is 0 Å². The van der Waals surface area contributed by atoms with Crippen LogP contribution in [0, 0.1) is 5.92 Å². The summed E-state index contributed by atoms with van der Waals surface area (Å²) < 4.78 is 0. The van der Waals surface area contributed by atoms with E-state index in [2.05, 4.69) is 10.3 Å². The van der Waals surface area contributed by atoms with Gasteiger partial charge in [-0.15, -0.1) is 0 Å². The lowest BCUT2D eigenvalue weighted by Crippen LogP contribution is -2.42. The van der Waals surface area contributed by atoms with E-state index in [0.717, 1.165) is 24.8 Å². The van der Waals surface area contributed by atoms with Crippen LogP contribution in [0.3, 0.4) is 0 Å². The highest BCUT2D eigenvalue weighted by Gasteiger charge is 2.34. The van der Waals surface area contributed by atoms with E-state index in [1.54, 1.807) is 0 Å². The maximum atomic E-state index is 11.0. The molecule has 2 rings (SSSR count). The quantitative estimate of drug-likeness (QED) is 0.328. The number of hydrazine groups is 1. The normalized spacial score (nSPS) is 28.1. The molecule has 2 atom stereocenters. The Morgan fingerprint density at radius 2 is 2.00 bits per heavy atom. The summed E-state index contributed by atoms with van der Waals surface area (Å²) in [5, 5.41) is 0. The van der Waals surface area contributed by atoms with Crippen molar-refractivity contribution in [2.75, 3.05) is 13.1 Å². The maximum absolute atomic E-state index is 11.0. The van der Waals surface area contributed by atoms with Crippen LogP contribution in [0.2, 0.25) is 0 Å². The number of hydrogen-bond acceptors (Lipinski definition) is 3. The molecule has 0 radical (unpaired) electrons. The summed E-state index contributed by atoms with van der Waals surface area (Å²) in [4.78, 5) is 13.7. The molecule has 3 N–H and O–H groups in total. The van der Waals surface area contributed by atoms with Crippen LogP contribution in [-0.4, -0.2) is 29.9 Å². The zero-order valence-corrected chi connectivity index (χ0v) is 11.4. The van der Waals surface area contributed by atoms with Crippen molar-refractivity contribution >= 4 is 5.91 Å². The van der Waals surface area contributed by atoms with Gasteiger partial charge in [0.15, 0.2) is 0 Å². The summed E-state index contributed by atoms with van der Waals surface area (Å²) in [6.45, 7) is 2.52. The lowest BCUT2D eigenvalue weighted by molar-refractivity contribution is -0.121. The summed E-state index contributed by atoms with van der Waals surface area (Å²) >= 11 is 0. The number of nitrogens with zero attached hydrogens (tertiary/aromatic N) is 1. The molecule has 1 saturated heterocycles. The predicted molar refractivity (Wildman–Crippen MR) is 72.7 cm³/mol. The topological polar surface area (TPSA) is 58.4 Å². The number of carbonyl (C=O) groups is 1. The Morgan fingerprint density at radius 1 is 1.17 bits per heavy atom. The first-order chi connectivity index (χ1) is 8.81. The van der Waals surface area contributed by atoms with Crippen LogP contribution in [0.25, 0.3) is 0 Å². The van der Waals surface area contributed by atoms with Gasteiger partial charge in [-0.1, -0.05) is 12.8 Å². The number of rotatable bonds is 6. The molecule has 1 amide bonds. The predicted octanol–water partition coefficient (Wildman–Crippen LogP) is 1.80. The minimum atomic E-state index is -0.0381. The van der Waals surface area contributed by atoms with E-state index in [1.807, 2.05) is 0 Å². The third-order valence-electron chi connectivity index (χ3n) is 4.62. The molecule has 2 unspecified atom stereocenters. The van der Waals surface area contributed by atoms with E-state index >= 15 is 0 Å². The molecule has 0 aromatic carbocycles. The number of unbranched alkanes of at least 4 members (excludes halogenated alkanes) is 2. The monoisotopic (exact) mass is 253 g/mol. The average Bonchev–Trinajstić information content (AvgIpc) is 2.87. The van der Waals surface area contributed by atoms with Gasteiger partial charge in [0, 0.05) is 12.5 Å². The Hall–Kier alpha value is -0.610. The second-order valence-electron chi connectivity index (χ2n) is 5.81. The van der Waals surface area contributed by atoms with E-state index in [9.17, 15) is 4.79 Å². The molecule has 4 heteroatoms. The number of nitrogens with two attached hydrogens (primary N) is 1. The minimum absolute atomic E-state index is 0.0381. The largest absolute Gasteiger partial charge is 0.300 e. The molecule has 1 heterocycles. The number of likely N-dealkylation sites (tertiary alicyclic amines) is 1. The third kappa shape index (κ3) is 3.69.